The maximum Gasteiger partial charge on any atom is 0.0749 e. The third-order valence-electron chi connectivity index (χ3n) is 3.93. The molecule has 4 rings (SSSR count). The van der Waals surface area contributed by atoms with Gasteiger partial charge in [-0.05, 0) is 24.3 Å². The quantitative estimate of drug-likeness (QED) is 0.269. The van der Waals surface area contributed by atoms with Crippen LogP contribution in [0.2, 0.25) is 10.0 Å². The zero-order valence-corrected chi connectivity index (χ0v) is 14.6. The van der Waals surface area contributed by atoms with Gasteiger partial charge in [-0.3, -0.25) is 5.43 Å². The van der Waals surface area contributed by atoms with Gasteiger partial charge in [0.1, 0.15) is 0 Å². The number of pyridine rings is 1. The third-order valence-corrected chi connectivity index (χ3v) is 4.49. The summed E-state index contributed by atoms with van der Waals surface area (Å²) in [6, 6.07) is 21.3. The monoisotopic (exact) mass is 365 g/mol. The maximum absolute atomic E-state index is 6.19. The second-order valence-corrected chi connectivity index (χ2v) is 6.40. The summed E-state index contributed by atoms with van der Waals surface area (Å²) in [5, 5.41) is 7.56. The van der Waals surface area contributed by atoms with Gasteiger partial charge in [0.05, 0.1) is 28.0 Å². The maximum atomic E-state index is 6.19. The minimum Gasteiger partial charge on any atom is -0.277 e. The second kappa shape index (κ2) is 6.71. The van der Waals surface area contributed by atoms with Crippen molar-refractivity contribution >= 4 is 56.9 Å². The smallest absolute Gasteiger partial charge is 0.0749 e. The summed E-state index contributed by atoms with van der Waals surface area (Å²) in [6.07, 6.45) is 1.68. The first kappa shape index (κ1) is 15.9. The molecule has 0 saturated heterocycles. The van der Waals surface area contributed by atoms with Crippen molar-refractivity contribution in [2.45, 2.75) is 0 Å². The van der Waals surface area contributed by atoms with Gasteiger partial charge < -0.3 is 0 Å². The van der Waals surface area contributed by atoms with Crippen molar-refractivity contribution in [3.05, 3.63) is 82.3 Å². The summed E-state index contributed by atoms with van der Waals surface area (Å²) in [4.78, 5) is 4.70. The lowest BCUT2D eigenvalue weighted by molar-refractivity contribution is 1.36. The van der Waals surface area contributed by atoms with Crippen molar-refractivity contribution in [3.8, 4) is 0 Å². The number of para-hydroxylation sites is 2. The van der Waals surface area contributed by atoms with Gasteiger partial charge in [-0.1, -0.05) is 65.7 Å². The van der Waals surface area contributed by atoms with E-state index in [-0.39, 0.29) is 0 Å². The molecule has 25 heavy (non-hydrogen) atoms. The Morgan fingerprint density at radius 1 is 0.840 bits per heavy atom. The summed E-state index contributed by atoms with van der Waals surface area (Å²) in [5.41, 5.74) is 6.71. The normalized spacial score (nSPS) is 11.4. The standard InChI is InChI=1S/C20H13Cl2N3/c21-14-10-9-13(17(22)11-14)12-23-25-20-15-5-1-3-7-18(15)24-19-8-4-2-6-16(19)20/h1-12H,(H,24,25)/b23-12-. The lowest BCUT2D eigenvalue weighted by Gasteiger charge is -2.10. The number of aromatic nitrogens is 1. The van der Waals surface area contributed by atoms with E-state index in [0.29, 0.717) is 10.0 Å². The molecular weight excluding hydrogens is 353 g/mol. The average molecular weight is 366 g/mol. The first-order valence-electron chi connectivity index (χ1n) is 7.74. The molecule has 0 fully saturated rings. The van der Waals surface area contributed by atoms with Crippen LogP contribution in [0.15, 0.2) is 71.8 Å². The Morgan fingerprint density at radius 3 is 2.12 bits per heavy atom. The van der Waals surface area contributed by atoms with E-state index in [1.807, 2.05) is 54.6 Å². The molecule has 3 nitrogen and oxygen atoms in total. The fourth-order valence-corrected chi connectivity index (χ4v) is 3.19. The highest BCUT2D eigenvalue weighted by Crippen LogP contribution is 2.30. The number of nitrogens with zero attached hydrogens (tertiary/aromatic N) is 2. The molecule has 0 bridgehead atoms. The predicted octanol–water partition coefficient (Wildman–Crippen LogP) is 6.14. The fraction of sp³-hybridized carbons (Fsp3) is 0. The van der Waals surface area contributed by atoms with E-state index in [2.05, 4.69) is 10.5 Å². The van der Waals surface area contributed by atoms with Crippen LogP contribution in [0.5, 0.6) is 0 Å². The van der Waals surface area contributed by atoms with Crippen molar-refractivity contribution in [1.29, 1.82) is 0 Å². The molecule has 4 aromatic rings. The Labute approximate surface area is 154 Å². The molecule has 122 valence electrons. The van der Waals surface area contributed by atoms with E-state index in [9.17, 15) is 0 Å². The zero-order chi connectivity index (χ0) is 17.2. The molecule has 0 radical (unpaired) electrons. The zero-order valence-electron chi connectivity index (χ0n) is 13.1. The summed E-state index contributed by atoms with van der Waals surface area (Å²) in [6.45, 7) is 0. The van der Waals surface area contributed by atoms with E-state index in [4.69, 9.17) is 28.2 Å². The van der Waals surface area contributed by atoms with Gasteiger partial charge in [-0.15, -0.1) is 0 Å². The van der Waals surface area contributed by atoms with Crippen molar-refractivity contribution < 1.29 is 0 Å². The molecule has 0 aliphatic heterocycles. The highest BCUT2D eigenvalue weighted by atomic mass is 35.5. The van der Waals surface area contributed by atoms with Crippen LogP contribution in [0.4, 0.5) is 5.69 Å². The lowest BCUT2D eigenvalue weighted by Crippen LogP contribution is -1.95. The number of hydrogen-bond acceptors (Lipinski definition) is 3. The number of fused-ring (bicyclic) bond motifs is 2. The van der Waals surface area contributed by atoms with Crippen molar-refractivity contribution in [2.24, 2.45) is 5.10 Å². The number of benzene rings is 3. The molecule has 0 saturated carbocycles. The van der Waals surface area contributed by atoms with Crippen molar-refractivity contribution in [3.63, 3.8) is 0 Å². The van der Waals surface area contributed by atoms with E-state index in [0.717, 1.165) is 33.1 Å². The number of anilines is 1. The molecule has 0 aliphatic rings. The van der Waals surface area contributed by atoms with E-state index < -0.39 is 0 Å². The Kier molecular flexibility index (Phi) is 4.26. The fourth-order valence-electron chi connectivity index (χ4n) is 2.73. The van der Waals surface area contributed by atoms with E-state index in [1.165, 1.54) is 0 Å². The Balaban J connectivity index is 1.78. The summed E-state index contributed by atoms with van der Waals surface area (Å²) in [5.74, 6) is 0. The topological polar surface area (TPSA) is 37.3 Å². The van der Waals surface area contributed by atoms with E-state index in [1.54, 1.807) is 18.3 Å². The van der Waals surface area contributed by atoms with Crippen LogP contribution >= 0.6 is 23.2 Å². The van der Waals surface area contributed by atoms with Crippen molar-refractivity contribution in [1.82, 2.24) is 4.98 Å². The van der Waals surface area contributed by atoms with Gasteiger partial charge in [-0.2, -0.15) is 5.10 Å². The number of halogens is 2. The van der Waals surface area contributed by atoms with E-state index >= 15 is 0 Å². The first-order chi connectivity index (χ1) is 12.2. The van der Waals surface area contributed by atoms with Gasteiger partial charge in [0.2, 0.25) is 0 Å². The molecule has 0 atom stereocenters. The summed E-state index contributed by atoms with van der Waals surface area (Å²) in [7, 11) is 0. The molecule has 5 heteroatoms. The SMILES string of the molecule is Clc1ccc(/C=N\Nc2c3ccccc3nc3ccccc23)c(Cl)c1. The third kappa shape index (κ3) is 3.16. The highest BCUT2D eigenvalue weighted by molar-refractivity contribution is 6.36. The second-order valence-electron chi connectivity index (χ2n) is 5.56. The van der Waals surface area contributed by atoms with Gasteiger partial charge in [-0.25, -0.2) is 4.98 Å². The summed E-state index contributed by atoms with van der Waals surface area (Å²) >= 11 is 12.1. The number of hydrogen-bond donors (Lipinski definition) is 1. The van der Waals surface area contributed by atoms with Crippen LogP contribution in [-0.4, -0.2) is 11.2 Å². The largest absolute Gasteiger partial charge is 0.277 e. The molecule has 1 N–H and O–H groups in total. The molecular formula is C20H13Cl2N3. The average Bonchev–Trinajstić information content (AvgIpc) is 2.63. The van der Waals surface area contributed by atoms with Crippen LogP contribution in [-0.2, 0) is 0 Å². The Hall–Kier alpha value is -2.62. The molecule has 1 heterocycles. The van der Waals surface area contributed by atoms with Gasteiger partial charge in [0.25, 0.3) is 0 Å². The van der Waals surface area contributed by atoms with Crippen LogP contribution in [0.1, 0.15) is 5.56 Å². The van der Waals surface area contributed by atoms with Crippen LogP contribution < -0.4 is 5.43 Å². The van der Waals surface area contributed by atoms with Gasteiger partial charge in [0.15, 0.2) is 0 Å². The highest BCUT2D eigenvalue weighted by Gasteiger charge is 2.07. The Bertz CT molecular complexity index is 1050. The Morgan fingerprint density at radius 2 is 1.48 bits per heavy atom. The molecule has 0 amide bonds. The van der Waals surface area contributed by atoms with Crippen LogP contribution in [0, 0.1) is 0 Å². The van der Waals surface area contributed by atoms with Crippen LogP contribution in [0.3, 0.4) is 0 Å². The van der Waals surface area contributed by atoms with Crippen molar-refractivity contribution in [2.75, 3.05) is 5.43 Å². The molecule has 0 unspecified atom stereocenters. The lowest BCUT2D eigenvalue weighted by atomic mass is 10.1. The number of hydrazone groups is 1. The minimum absolute atomic E-state index is 0.558. The molecule has 0 spiro atoms. The summed E-state index contributed by atoms with van der Waals surface area (Å²) < 4.78 is 0. The number of nitrogens with one attached hydrogen (secondary N) is 1. The molecule has 0 aliphatic carbocycles. The number of rotatable bonds is 3. The first-order valence-corrected chi connectivity index (χ1v) is 8.49. The van der Waals surface area contributed by atoms with Crippen LogP contribution in [0.25, 0.3) is 21.8 Å². The molecule has 1 aromatic heterocycles. The van der Waals surface area contributed by atoms with Gasteiger partial charge in [0, 0.05) is 21.4 Å². The molecule has 3 aromatic carbocycles. The van der Waals surface area contributed by atoms with Gasteiger partial charge >= 0.3 is 0 Å². The minimum atomic E-state index is 0.558. The predicted molar refractivity (Wildman–Crippen MR) is 107 cm³/mol.